The van der Waals surface area contributed by atoms with Crippen molar-refractivity contribution in [2.45, 2.75) is 50.5 Å². The average Bonchev–Trinajstić information content (AvgIpc) is 2.56. The number of aldehydes is 2. The third-order valence-corrected chi connectivity index (χ3v) is 2.99. The van der Waals surface area contributed by atoms with Crippen molar-refractivity contribution >= 4 is 40.4 Å². The Morgan fingerprint density at radius 3 is 1.92 bits per heavy atom. The van der Waals surface area contributed by atoms with Gasteiger partial charge in [-0.25, -0.2) is 4.79 Å². The van der Waals surface area contributed by atoms with E-state index in [0.717, 1.165) is 19.7 Å². The predicted octanol–water partition coefficient (Wildman–Crippen LogP) is 0.635. The molecule has 1 N–H and O–H groups in total. The molecule has 1 fully saturated rings. The van der Waals surface area contributed by atoms with Crippen LogP contribution in [0.4, 0.5) is 0 Å². The number of alkyl halides is 1. The molecule has 1 heterocycles. The van der Waals surface area contributed by atoms with E-state index in [-0.39, 0.29) is 5.01 Å². The zero-order chi connectivity index (χ0) is 20.4. The van der Waals surface area contributed by atoms with E-state index in [9.17, 15) is 9.59 Å². The van der Waals surface area contributed by atoms with Gasteiger partial charge in [0.2, 0.25) is 0 Å². The van der Waals surface area contributed by atoms with Crippen LogP contribution in [0.1, 0.15) is 27.2 Å². The summed E-state index contributed by atoms with van der Waals surface area (Å²) in [5, 5.41) is 6.61. The maximum atomic E-state index is 11.5. The van der Waals surface area contributed by atoms with Crippen molar-refractivity contribution in [2.24, 2.45) is 0 Å². The summed E-state index contributed by atoms with van der Waals surface area (Å²) in [5.74, 6) is -0.986. The molecule has 0 bridgehead atoms. The topological polar surface area (TPSA) is 125 Å². The first-order chi connectivity index (χ1) is 11.8. The lowest BCUT2D eigenvalue weighted by molar-refractivity contribution is -0.199. The van der Waals surface area contributed by atoms with Crippen LogP contribution in [0.25, 0.3) is 0 Å². The molecule has 2 unspecified atom stereocenters. The van der Waals surface area contributed by atoms with Crippen LogP contribution in [0, 0.1) is 0 Å². The van der Waals surface area contributed by atoms with Crippen molar-refractivity contribution in [3.8, 4) is 0 Å². The number of methoxy groups -OCH3 is 2. The molecular weight excluding hydrogens is 404 g/mol. The van der Waals surface area contributed by atoms with Crippen molar-refractivity contribution in [1.82, 2.24) is 0 Å². The molecule has 1 saturated heterocycles. The Balaban J connectivity index is -0.000000517. The number of esters is 2. The van der Waals surface area contributed by atoms with Crippen LogP contribution >= 0.6 is 15.9 Å². The second-order valence-corrected chi connectivity index (χ2v) is 5.07. The van der Waals surface area contributed by atoms with Crippen molar-refractivity contribution in [3.05, 3.63) is 0 Å². The van der Waals surface area contributed by atoms with Gasteiger partial charge in [0.25, 0.3) is 0 Å². The Hall–Kier alpha value is -1.36. The molecule has 1 aliphatic rings. The summed E-state index contributed by atoms with van der Waals surface area (Å²) in [6.07, 6.45) is -0.210. The molecule has 0 amide bonds. The molecule has 0 saturated carbocycles. The molecule has 0 spiro atoms. The van der Waals surface area contributed by atoms with Crippen LogP contribution in [0.3, 0.4) is 0 Å². The number of carbonyl (C=O) groups is 4. The molecule has 0 aliphatic carbocycles. The number of aliphatic hydroxyl groups excluding tert-OH is 1. The van der Waals surface area contributed by atoms with Crippen molar-refractivity contribution in [1.29, 1.82) is 0 Å². The van der Waals surface area contributed by atoms with Crippen LogP contribution in [-0.4, -0.2) is 74.3 Å². The van der Waals surface area contributed by atoms with E-state index in [4.69, 9.17) is 28.9 Å². The Bertz CT molecular complexity index is 370. The van der Waals surface area contributed by atoms with E-state index in [1.165, 1.54) is 35.0 Å². The molecule has 10 heteroatoms. The van der Waals surface area contributed by atoms with Gasteiger partial charge in [0.15, 0.2) is 6.10 Å². The zero-order valence-corrected chi connectivity index (χ0v) is 16.8. The highest BCUT2D eigenvalue weighted by molar-refractivity contribution is 9.09. The normalized spacial score (nSPS) is 23.7. The fraction of sp³-hybridized carbons (Fsp3) is 0.733. The first-order valence-corrected chi connectivity index (χ1v) is 8.05. The summed E-state index contributed by atoms with van der Waals surface area (Å²) in [7, 11) is 3.69. The second kappa shape index (κ2) is 19.0. The molecule has 1 aliphatic heterocycles. The number of rotatable bonds is 3. The maximum Gasteiger partial charge on any atom is 0.337 e. The number of hydrogen-bond donors (Lipinski definition) is 1. The number of ether oxygens (including phenoxy) is 4. The lowest BCUT2D eigenvalue weighted by atomic mass is 10.0. The van der Waals surface area contributed by atoms with Crippen LogP contribution in [0.2, 0.25) is 0 Å². The molecule has 0 aromatic rings. The van der Waals surface area contributed by atoms with Gasteiger partial charge in [-0.1, -0.05) is 15.9 Å². The van der Waals surface area contributed by atoms with Crippen LogP contribution in [-0.2, 0) is 38.1 Å². The van der Waals surface area contributed by atoms with Gasteiger partial charge in [0.05, 0.1) is 7.11 Å². The Kier molecular flexibility index (Phi) is 21.6. The fourth-order valence-electron chi connectivity index (χ4n) is 1.71. The third kappa shape index (κ3) is 13.6. The van der Waals surface area contributed by atoms with Crippen molar-refractivity contribution in [3.63, 3.8) is 0 Å². The first-order valence-electron chi connectivity index (χ1n) is 7.14. The zero-order valence-electron chi connectivity index (χ0n) is 15.3. The van der Waals surface area contributed by atoms with Gasteiger partial charge < -0.3 is 33.6 Å². The maximum absolute atomic E-state index is 11.5. The first kappa shape index (κ1) is 28.4. The van der Waals surface area contributed by atoms with Gasteiger partial charge in [0.1, 0.15) is 29.8 Å². The van der Waals surface area contributed by atoms with Crippen LogP contribution in [0.5, 0.6) is 0 Å². The van der Waals surface area contributed by atoms with Gasteiger partial charge in [-0.2, -0.15) is 0 Å². The van der Waals surface area contributed by atoms with Crippen molar-refractivity contribution in [2.75, 3.05) is 21.3 Å². The van der Waals surface area contributed by atoms with E-state index in [0.29, 0.717) is 6.42 Å². The summed E-state index contributed by atoms with van der Waals surface area (Å²) >= 11 is 3.24. The number of halogens is 1. The largest absolute Gasteiger partial charge is 0.467 e. The quantitative estimate of drug-likeness (QED) is 0.389. The molecule has 0 radical (unpaired) electrons. The molecule has 4 atom stereocenters. The van der Waals surface area contributed by atoms with E-state index in [1.54, 1.807) is 0 Å². The third-order valence-electron chi connectivity index (χ3n) is 2.40. The SMILES string of the molecule is CC=O.CC=O.CO.COC(=O)C1O[C@H](Br)CC(OC(C)=O)[C@@H]1OC. The molecule has 148 valence electrons. The fourth-order valence-corrected chi connectivity index (χ4v) is 2.31. The Labute approximate surface area is 156 Å². The van der Waals surface area contributed by atoms with E-state index >= 15 is 0 Å². The van der Waals surface area contributed by atoms with Gasteiger partial charge in [-0.3, -0.25) is 4.79 Å². The van der Waals surface area contributed by atoms with E-state index in [1.807, 2.05) is 0 Å². The van der Waals surface area contributed by atoms with Gasteiger partial charge in [-0.05, 0) is 13.8 Å². The number of hydrogen-bond acceptors (Lipinski definition) is 9. The molecule has 9 nitrogen and oxygen atoms in total. The highest BCUT2D eigenvalue weighted by Crippen LogP contribution is 2.28. The summed E-state index contributed by atoms with van der Waals surface area (Å²) < 4.78 is 20.3. The summed E-state index contributed by atoms with van der Waals surface area (Å²) in [4.78, 5) is 40.1. The standard InChI is InChI=1S/C10H15BrO6.2C2H4O.CH4O/c1-5(12)16-6-4-7(11)17-9(8(6)14-2)10(13)15-3;2*1-2-3;1-2/h6-9H,4H2,1-3H3;2*2H,1H3;2H,1H3/t6?,7-,8-,9?;;;/m0.../s1. The van der Waals surface area contributed by atoms with Crippen molar-refractivity contribution < 1.29 is 43.2 Å². The molecule has 0 aromatic heterocycles. The number of aliphatic hydroxyl groups is 1. The number of carbonyl (C=O) groups excluding carboxylic acids is 4. The molecule has 0 aromatic carbocycles. The molecular formula is C15H27BrO9. The minimum Gasteiger partial charge on any atom is -0.467 e. The Morgan fingerprint density at radius 1 is 1.16 bits per heavy atom. The minimum absolute atomic E-state index is 0.387. The monoisotopic (exact) mass is 430 g/mol. The van der Waals surface area contributed by atoms with Gasteiger partial charge in [0, 0.05) is 27.6 Å². The average molecular weight is 431 g/mol. The van der Waals surface area contributed by atoms with E-state index < -0.39 is 30.3 Å². The summed E-state index contributed by atoms with van der Waals surface area (Å²) in [5.41, 5.74) is 0. The lowest BCUT2D eigenvalue weighted by Crippen LogP contribution is -2.53. The summed E-state index contributed by atoms with van der Waals surface area (Å²) in [6.45, 7) is 4.19. The highest BCUT2D eigenvalue weighted by atomic mass is 79.9. The lowest BCUT2D eigenvalue weighted by Gasteiger charge is -2.37. The van der Waals surface area contributed by atoms with Gasteiger partial charge in [-0.15, -0.1) is 0 Å². The second-order valence-electron chi connectivity index (χ2n) is 4.05. The highest BCUT2D eigenvalue weighted by Gasteiger charge is 2.44. The predicted molar refractivity (Wildman–Crippen MR) is 92.2 cm³/mol. The van der Waals surface area contributed by atoms with Crippen LogP contribution in [0.15, 0.2) is 0 Å². The van der Waals surface area contributed by atoms with E-state index in [2.05, 4.69) is 20.7 Å². The smallest absolute Gasteiger partial charge is 0.337 e. The minimum atomic E-state index is -0.910. The van der Waals surface area contributed by atoms with Gasteiger partial charge >= 0.3 is 11.9 Å². The molecule has 25 heavy (non-hydrogen) atoms. The van der Waals surface area contributed by atoms with Crippen LogP contribution < -0.4 is 0 Å². The molecule has 1 rings (SSSR count). The summed E-state index contributed by atoms with van der Waals surface area (Å²) in [6, 6.07) is 0. The Morgan fingerprint density at radius 2 is 1.60 bits per heavy atom.